The van der Waals surface area contributed by atoms with Crippen molar-refractivity contribution in [1.82, 2.24) is 0 Å². The average Bonchev–Trinajstić information content (AvgIpc) is 2.18. The molecule has 13 heavy (non-hydrogen) atoms. The summed E-state index contributed by atoms with van der Waals surface area (Å²) in [4.78, 5) is 0. The molecule has 76 valence electrons. The molecule has 0 amide bonds. The fraction of sp³-hybridized carbons (Fsp3) is 0.833. The van der Waals surface area contributed by atoms with Crippen LogP contribution in [0.4, 0.5) is 0 Å². The van der Waals surface area contributed by atoms with E-state index in [-0.39, 0.29) is 0 Å². The zero-order chi connectivity index (χ0) is 9.68. The summed E-state index contributed by atoms with van der Waals surface area (Å²) in [5, 5.41) is 1.04. The van der Waals surface area contributed by atoms with E-state index in [1.165, 1.54) is 37.7 Å². The first kappa shape index (κ1) is 11.3. The fourth-order valence-electron chi connectivity index (χ4n) is 2.30. The van der Waals surface area contributed by atoms with E-state index in [1.54, 1.807) is 0 Å². The standard InChI is InChI=1S/C12H21Br/c1-3-11-5-4-6-12(8-11)7-10(2)9-13/h7,11-12H,3-6,8-9H2,1-2H3/b10-7-. The smallest absolute Gasteiger partial charge is 0.0239 e. The van der Waals surface area contributed by atoms with Gasteiger partial charge in [0.05, 0.1) is 0 Å². The fourth-order valence-corrected chi connectivity index (χ4v) is 2.49. The average molecular weight is 245 g/mol. The molecule has 0 aromatic carbocycles. The zero-order valence-electron chi connectivity index (χ0n) is 8.85. The second kappa shape index (κ2) is 5.85. The molecule has 1 fully saturated rings. The Morgan fingerprint density at radius 1 is 1.46 bits per heavy atom. The third-order valence-electron chi connectivity index (χ3n) is 3.13. The lowest BCUT2D eigenvalue weighted by molar-refractivity contribution is 0.297. The van der Waals surface area contributed by atoms with Gasteiger partial charge in [-0.05, 0) is 31.6 Å². The number of hydrogen-bond donors (Lipinski definition) is 0. The molecule has 0 radical (unpaired) electrons. The highest BCUT2D eigenvalue weighted by Crippen LogP contribution is 2.32. The lowest BCUT2D eigenvalue weighted by Crippen LogP contribution is -2.13. The van der Waals surface area contributed by atoms with Gasteiger partial charge in [-0.2, -0.15) is 0 Å². The van der Waals surface area contributed by atoms with Crippen LogP contribution in [0.5, 0.6) is 0 Å². The third kappa shape index (κ3) is 3.84. The summed E-state index contributed by atoms with van der Waals surface area (Å²) < 4.78 is 0. The quantitative estimate of drug-likeness (QED) is 0.505. The molecule has 1 saturated carbocycles. The first-order chi connectivity index (χ1) is 6.26. The predicted octanol–water partition coefficient (Wildman–Crippen LogP) is 4.54. The van der Waals surface area contributed by atoms with Gasteiger partial charge < -0.3 is 0 Å². The number of alkyl halides is 1. The number of halogens is 1. The van der Waals surface area contributed by atoms with Crippen LogP contribution >= 0.6 is 15.9 Å². The van der Waals surface area contributed by atoms with Gasteiger partial charge in [-0.3, -0.25) is 0 Å². The van der Waals surface area contributed by atoms with E-state index in [4.69, 9.17) is 0 Å². The Balaban J connectivity index is 2.42. The second-order valence-corrected chi connectivity index (χ2v) is 4.91. The van der Waals surface area contributed by atoms with Crippen molar-refractivity contribution in [3.05, 3.63) is 11.6 Å². The Morgan fingerprint density at radius 3 is 2.85 bits per heavy atom. The normalized spacial score (nSPS) is 30.5. The first-order valence-electron chi connectivity index (χ1n) is 5.49. The summed E-state index contributed by atoms with van der Waals surface area (Å²) in [7, 11) is 0. The topological polar surface area (TPSA) is 0 Å². The van der Waals surface area contributed by atoms with E-state index in [1.807, 2.05) is 0 Å². The van der Waals surface area contributed by atoms with Gasteiger partial charge in [0.25, 0.3) is 0 Å². The van der Waals surface area contributed by atoms with Gasteiger partial charge in [-0.1, -0.05) is 53.8 Å². The summed E-state index contributed by atoms with van der Waals surface area (Å²) in [6.45, 7) is 4.55. The van der Waals surface area contributed by atoms with Crippen LogP contribution in [0.1, 0.15) is 46.0 Å². The molecular weight excluding hydrogens is 224 g/mol. The van der Waals surface area contributed by atoms with Crippen LogP contribution in [-0.2, 0) is 0 Å². The molecule has 1 aliphatic rings. The third-order valence-corrected chi connectivity index (χ3v) is 4.02. The van der Waals surface area contributed by atoms with Crippen molar-refractivity contribution < 1.29 is 0 Å². The minimum Gasteiger partial charge on any atom is -0.0880 e. The van der Waals surface area contributed by atoms with Crippen molar-refractivity contribution >= 4 is 15.9 Å². The van der Waals surface area contributed by atoms with Crippen LogP contribution in [-0.4, -0.2) is 5.33 Å². The van der Waals surface area contributed by atoms with Crippen molar-refractivity contribution in [1.29, 1.82) is 0 Å². The summed E-state index contributed by atoms with van der Waals surface area (Å²) in [5.41, 5.74) is 1.50. The van der Waals surface area contributed by atoms with E-state index in [0.29, 0.717) is 0 Å². The Kier molecular flexibility index (Phi) is 5.08. The highest BCUT2D eigenvalue weighted by Gasteiger charge is 2.18. The predicted molar refractivity (Wildman–Crippen MR) is 63.3 cm³/mol. The molecule has 0 bridgehead atoms. The van der Waals surface area contributed by atoms with Crippen molar-refractivity contribution in [3.63, 3.8) is 0 Å². The Bertz CT molecular complexity index is 172. The lowest BCUT2D eigenvalue weighted by Gasteiger charge is -2.26. The second-order valence-electron chi connectivity index (χ2n) is 4.35. The molecule has 2 unspecified atom stereocenters. The SMILES string of the molecule is CCC1CCCC(/C=C(/C)CBr)C1. The van der Waals surface area contributed by atoms with Crippen LogP contribution < -0.4 is 0 Å². The number of allylic oxidation sites excluding steroid dienone is 2. The summed E-state index contributed by atoms with van der Waals surface area (Å²) in [5.74, 6) is 1.87. The molecule has 0 spiro atoms. The number of hydrogen-bond acceptors (Lipinski definition) is 0. The Hall–Kier alpha value is 0.220. The van der Waals surface area contributed by atoms with Crippen LogP contribution in [0, 0.1) is 11.8 Å². The van der Waals surface area contributed by atoms with Gasteiger partial charge in [0.2, 0.25) is 0 Å². The molecule has 2 atom stereocenters. The molecule has 0 heterocycles. The molecule has 0 aromatic rings. The molecule has 0 saturated heterocycles. The maximum absolute atomic E-state index is 3.51. The lowest BCUT2D eigenvalue weighted by atomic mass is 9.79. The molecular formula is C12H21Br. The minimum absolute atomic E-state index is 0.872. The molecule has 1 aliphatic carbocycles. The van der Waals surface area contributed by atoms with Crippen LogP contribution in [0.3, 0.4) is 0 Å². The molecule has 1 heteroatoms. The van der Waals surface area contributed by atoms with Gasteiger partial charge in [0.15, 0.2) is 0 Å². The van der Waals surface area contributed by atoms with Gasteiger partial charge in [-0.25, -0.2) is 0 Å². The monoisotopic (exact) mass is 244 g/mol. The maximum Gasteiger partial charge on any atom is 0.0239 e. The molecule has 0 aromatic heterocycles. The van der Waals surface area contributed by atoms with E-state index in [0.717, 1.165) is 17.2 Å². The van der Waals surface area contributed by atoms with E-state index >= 15 is 0 Å². The summed E-state index contributed by atoms with van der Waals surface area (Å²) in [6.07, 6.45) is 9.61. The Labute approximate surface area is 90.9 Å². The van der Waals surface area contributed by atoms with Crippen LogP contribution in [0.15, 0.2) is 11.6 Å². The zero-order valence-corrected chi connectivity index (χ0v) is 10.4. The van der Waals surface area contributed by atoms with E-state index in [2.05, 4.69) is 35.9 Å². The Morgan fingerprint density at radius 2 is 2.23 bits per heavy atom. The van der Waals surface area contributed by atoms with Crippen molar-refractivity contribution in [2.24, 2.45) is 11.8 Å². The molecule has 0 N–H and O–H groups in total. The molecule has 0 nitrogen and oxygen atoms in total. The van der Waals surface area contributed by atoms with Crippen molar-refractivity contribution in [2.75, 3.05) is 5.33 Å². The van der Waals surface area contributed by atoms with Crippen molar-refractivity contribution in [2.45, 2.75) is 46.0 Å². The molecule has 0 aliphatic heterocycles. The highest BCUT2D eigenvalue weighted by molar-refractivity contribution is 9.09. The highest BCUT2D eigenvalue weighted by atomic mass is 79.9. The van der Waals surface area contributed by atoms with E-state index in [9.17, 15) is 0 Å². The maximum atomic E-state index is 3.51. The van der Waals surface area contributed by atoms with Gasteiger partial charge >= 0.3 is 0 Å². The summed E-state index contributed by atoms with van der Waals surface area (Å²) >= 11 is 3.51. The molecule has 1 rings (SSSR count). The van der Waals surface area contributed by atoms with Gasteiger partial charge in [0.1, 0.15) is 0 Å². The summed E-state index contributed by atoms with van der Waals surface area (Å²) in [6, 6.07) is 0. The number of rotatable bonds is 3. The largest absolute Gasteiger partial charge is 0.0880 e. The van der Waals surface area contributed by atoms with Gasteiger partial charge in [0, 0.05) is 5.33 Å². The minimum atomic E-state index is 0.872. The van der Waals surface area contributed by atoms with Gasteiger partial charge in [-0.15, -0.1) is 0 Å². The first-order valence-corrected chi connectivity index (χ1v) is 6.61. The van der Waals surface area contributed by atoms with Crippen molar-refractivity contribution in [3.8, 4) is 0 Å². The van der Waals surface area contributed by atoms with E-state index < -0.39 is 0 Å². The van der Waals surface area contributed by atoms with Crippen LogP contribution in [0.2, 0.25) is 0 Å². The van der Waals surface area contributed by atoms with Crippen LogP contribution in [0.25, 0.3) is 0 Å².